The van der Waals surface area contributed by atoms with Gasteiger partial charge in [0.05, 0.1) is 17.1 Å². The Morgan fingerprint density at radius 3 is 2.40 bits per heavy atom. The minimum absolute atomic E-state index is 0.0209. The summed E-state index contributed by atoms with van der Waals surface area (Å²) in [5.74, 6) is -5.44. The van der Waals surface area contributed by atoms with E-state index in [4.69, 9.17) is 4.42 Å². The molecule has 8 rings (SSSR count). The van der Waals surface area contributed by atoms with Crippen LogP contribution in [0, 0.1) is 42.1 Å². The van der Waals surface area contributed by atoms with Crippen molar-refractivity contribution in [3.8, 4) is 22.8 Å². The van der Waals surface area contributed by atoms with Gasteiger partial charge in [0.25, 0.3) is 10.0 Å². The first-order chi connectivity index (χ1) is 21.5. The quantitative estimate of drug-likeness (QED) is 0.204. The summed E-state index contributed by atoms with van der Waals surface area (Å²) < 4.78 is 79.8. The summed E-state index contributed by atoms with van der Waals surface area (Å²) in [6.07, 6.45) is 5.48. The maximum atomic E-state index is 16.1. The highest BCUT2D eigenvalue weighted by Gasteiger charge is 2.47. The molecule has 3 aliphatic rings. The van der Waals surface area contributed by atoms with E-state index in [1.54, 1.807) is 19.1 Å². The molecule has 3 heterocycles. The first-order valence-electron chi connectivity index (χ1n) is 14.5. The number of furan rings is 1. The number of fused-ring (bicyclic) bond motifs is 4. The molecule has 2 aromatic carbocycles. The normalized spacial score (nSPS) is 21.3. The zero-order valence-corrected chi connectivity index (χ0v) is 24.7. The first kappa shape index (κ1) is 29.1. The maximum absolute atomic E-state index is 16.1. The Balaban J connectivity index is 1.44. The zero-order valence-electron chi connectivity index (χ0n) is 23.9. The number of aromatic nitrogens is 3. The Morgan fingerprint density at radius 2 is 1.73 bits per heavy atom. The van der Waals surface area contributed by atoms with Crippen LogP contribution in [0.4, 0.5) is 19.0 Å². The number of hydrogen-bond acceptors (Lipinski definition) is 7. The number of rotatable bonds is 7. The average molecular weight is 637 g/mol. The molecule has 2 N–H and O–H groups in total. The van der Waals surface area contributed by atoms with Crippen molar-refractivity contribution >= 4 is 32.7 Å². The standard InChI is InChI=1S/C32H27F3N4O5S/c1-16-4-10-20(11-5-16)45(42,43)39-15-22(21-13-19(33)14-23(34)29(21)39)30-37-28(24-3-2-12-44-24)26(35)31(38-30)36-27-18-8-6-17(7-9-18)25(27)32(40)41/h2-5,10-15,17-18,25,27H,6-9H2,1H3,(H,40,41)(H,36,37,38). The van der Waals surface area contributed by atoms with Crippen LogP contribution in [-0.2, 0) is 14.8 Å². The van der Waals surface area contributed by atoms with Gasteiger partial charge in [0.2, 0.25) is 0 Å². The number of anilines is 1. The molecular formula is C32H27F3N4O5S. The van der Waals surface area contributed by atoms with Crippen molar-refractivity contribution in [2.45, 2.75) is 43.5 Å². The number of halogens is 3. The van der Waals surface area contributed by atoms with Gasteiger partial charge >= 0.3 is 5.97 Å². The number of hydrogen-bond donors (Lipinski definition) is 2. The molecule has 45 heavy (non-hydrogen) atoms. The van der Waals surface area contributed by atoms with E-state index in [0.29, 0.717) is 10.0 Å². The van der Waals surface area contributed by atoms with Gasteiger partial charge in [-0.3, -0.25) is 4.79 Å². The minimum atomic E-state index is -4.40. The lowest BCUT2D eigenvalue weighted by Gasteiger charge is -2.47. The first-order valence-corrected chi connectivity index (χ1v) is 15.9. The predicted molar refractivity (Wildman–Crippen MR) is 158 cm³/mol. The molecule has 0 saturated heterocycles. The Kier molecular flexibility index (Phi) is 6.95. The molecule has 232 valence electrons. The number of aryl methyl sites for hydroxylation is 1. The third-order valence-electron chi connectivity index (χ3n) is 9.02. The third-order valence-corrected chi connectivity index (χ3v) is 10.7. The van der Waals surface area contributed by atoms with Crippen molar-refractivity contribution in [1.82, 2.24) is 13.9 Å². The van der Waals surface area contributed by atoms with Gasteiger partial charge in [0.1, 0.15) is 17.0 Å². The van der Waals surface area contributed by atoms with Crippen LogP contribution >= 0.6 is 0 Å². The number of aliphatic carboxylic acids is 1. The Hall–Kier alpha value is -4.65. The molecule has 13 heteroatoms. The minimum Gasteiger partial charge on any atom is -0.481 e. The van der Waals surface area contributed by atoms with E-state index in [0.717, 1.165) is 43.5 Å². The molecule has 0 spiro atoms. The average Bonchev–Trinajstić information content (AvgIpc) is 3.68. The molecule has 3 aliphatic carbocycles. The van der Waals surface area contributed by atoms with E-state index in [1.165, 1.54) is 30.5 Å². The molecule has 0 aliphatic heterocycles. The van der Waals surface area contributed by atoms with Crippen molar-refractivity contribution < 1.29 is 35.9 Å². The summed E-state index contributed by atoms with van der Waals surface area (Å²) >= 11 is 0. The summed E-state index contributed by atoms with van der Waals surface area (Å²) in [4.78, 5) is 20.9. The van der Waals surface area contributed by atoms with Gasteiger partial charge in [-0.15, -0.1) is 0 Å². The Bertz CT molecular complexity index is 2050. The molecular weight excluding hydrogens is 609 g/mol. The van der Waals surface area contributed by atoms with E-state index in [9.17, 15) is 22.7 Å². The monoisotopic (exact) mass is 636 g/mol. The fourth-order valence-electron chi connectivity index (χ4n) is 6.85. The van der Waals surface area contributed by atoms with Crippen LogP contribution in [0.1, 0.15) is 31.2 Å². The zero-order chi connectivity index (χ0) is 31.6. The van der Waals surface area contributed by atoms with E-state index < -0.39 is 50.9 Å². The highest BCUT2D eigenvalue weighted by atomic mass is 32.2. The lowest BCUT2D eigenvalue weighted by Crippen LogP contribution is -2.51. The van der Waals surface area contributed by atoms with Gasteiger partial charge in [-0.05, 0) is 74.8 Å². The summed E-state index contributed by atoms with van der Waals surface area (Å²) in [6.45, 7) is 1.78. The number of carboxylic acid groups (broad SMARTS) is 1. The molecule has 2 atom stereocenters. The van der Waals surface area contributed by atoms with Crippen LogP contribution in [0.5, 0.6) is 0 Å². The van der Waals surface area contributed by atoms with Gasteiger partial charge in [0.15, 0.2) is 29.0 Å². The number of nitrogens with one attached hydrogen (secondary N) is 1. The molecule has 2 unspecified atom stereocenters. The number of nitrogens with zero attached hydrogens (tertiary/aromatic N) is 3. The van der Waals surface area contributed by atoms with E-state index in [2.05, 4.69) is 15.3 Å². The van der Waals surface area contributed by atoms with Gasteiger partial charge in [-0.25, -0.2) is 35.5 Å². The van der Waals surface area contributed by atoms with Crippen molar-refractivity contribution in [1.29, 1.82) is 0 Å². The lowest BCUT2D eigenvalue weighted by molar-refractivity contribution is -0.148. The van der Waals surface area contributed by atoms with Crippen molar-refractivity contribution in [2.24, 2.45) is 17.8 Å². The fraction of sp³-hybridized carbons (Fsp3) is 0.281. The van der Waals surface area contributed by atoms with Crippen LogP contribution < -0.4 is 5.32 Å². The highest BCUT2D eigenvalue weighted by Crippen LogP contribution is 2.47. The Morgan fingerprint density at radius 1 is 1.02 bits per heavy atom. The number of carbonyl (C=O) groups is 1. The molecule has 0 amide bonds. The molecule has 3 fully saturated rings. The molecule has 2 bridgehead atoms. The molecule has 3 aromatic heterocycles. The van der Waals surface area contributed by atoms with Crippen LogP contribution in [0.3, 0.4) is 0 Å². The second-order valence-electron chi connectivity index (χ2n) is 11.7. The summed E-state index contributed by atoms with van der Waals surface area (Å²) in [5, 5.41) is 12.9. The van der Waals surface area contributed by atoms with Crippen molar-refractivity contribution in [2.75, 3.05) is 5.32 Å². The smallest absolute Gasteiger partial charge is 0.308 e. The SMILES string of the molecule is Cc1ccc(S(=O)(=O)n2cc(-c3nc(NC4C5CCC(CC5)C4C(=O)O)c(F)c(-c4ccco4)n3)c3cc(F)cc(F)c32)cc1. The number of carboxylic acids is 1. The van der Waals surface area contributed by atoms with E-state index >= 15 is 8.78 Å². The van der Waals surface area contributed by atoms with Crippen LogP contribution in [-0.4, -0.2) is 39.5 Å². The molecule has 0 radical (unpaired) electrons. The van der Waals surface area contributed by atoms with Crippen molar-refractivity contribution in [3.63, 3.8) is 0 Å². The second kappa shape index (κ2) is 10.8. The van der Waals surface area contributed by atoms with Crippen LogP contribution in [0.25, 0.3) is 33.7 Å². The van der Waals surface area contributed by atoms with Gasteiger partial charge < -0.3 is 14.8 Å². The third kappa shape index (κ3) is 4.85. The maximum Gasteiger partial charge on any atom is 0.308 e. The van der Waals surface area contributed by atoms with Crippen molar-refractivity contribution in [3.05, 3.63) is 84.0 Å². The number of benzene rings is 2. The topological polar surface area (TPSA) is 127 Å². The highest BCUT2D eigenvalue weighted by molar-refractivity contribution is 7.90. The van der Waals surface area contributed by atoms with Crippen LogP contribution in [0.2, 0.25) is 0 Å². The molecule has 5 aromatic rings. The molecule has 3 saturated carbocycles. The summed E-state index contributed by atoms with van der Waals surface area (Å²) in [5.41, 5.74) is -0.0133. The van der Waals surface area contributed by atoms with E-state index in [1.807, 2.05) is 0 Å². The van der Waals surface area contributed by atoms with Gasteiger partial charge in [-0.1, -0.05) is 17.7 Å². The molecule has 9 nitrogen and oxygen atoms in total. The van der Waals surface area contributed by atoms with Crippen LogP contribution in [0.15, 0.2) is 70.3 Å². The summed E-state index contributed by atoms with van der Waals surface area (Å²) in [6, 6.07) is 9.82. The lowest BCUT2D eigenvalue weighted by atomic mass is 9.61. The van der Waals surface area contributed by atoms with Gasteiger partial charge in [-0.2, -0.15) is 0 Å². The predicted octanol–water partition coefficient (Wildman–Crippen LogP) is 6.62. The van der Waals surface area contributed by atoms with E-state index in [-0.39, 0.29) is 50.8 Å². The summed E-state index contributed by atoms with van der Waals surface area (Å²) in [7, 11) is -4.40. The van der Waals surface area contributed by atoms with Gasteiger partial charge in [0, 0.05) is 29.3 Å². The Labute approximate surface area is 255 Å². The second-order valence-corrected chi connectivity index (χ2v) is 13.5. The largest absolute Gasteiger partial charge is 0.481 e. The fourth-order valence-corrected chi connectivity index (χ4v) is 8.23.